The number of piperidine rings is 1. The third kappa shape index (κ3) is 3.67. The molecular weight excluding hydrogens is 362 g/mol. The highest BCUT2D eigenvalue weighted by Crippen LogP contribution is 2.22. The van der Waals surface area contributed by atoms with Gasteiger partial charge in [-0.3, -0.25) is 14.4 Å². The summed E-state index contributed by atoms with van der Waals surface area (Å²) in [6.45, 7) is 3.15. The van der Waals surface area contributed by atoms with E-state index in [1.165, 1.54) is 12.5 Å². The SMILES string of the molecule is O=C(c1ccco1)N1CCC(C(=O)N2CCN(C(=O)c3ccco3)CC2)CC1. The van der Waals surface area contributed by atoms with Gasteiger partial charge in [0.1, 0.15) is 0 Å². The Morgan fingerprint density at radius 3 is 1.64 bits per heavy atom. The highest BCUT2D eigenvalue weighted by molar-refractivity contribution is 5.92. The van der Waals surface area contributed by atoms with Gasteiger partial charge in [0.05, 0.1) is 12.5 Å². The Hall–Kier alpha value is -3.03. The molecule has 0 radical (unpaired) electrons. The molecule has 0 spiro atoms. The summed E-state index contributed by atoms with van der Waals surface area (Å²) in [5.74, 6) is 0.446. The van der Waals surface area contributed by atoms with E-state index in [0.717, 1.165) is 0 Å². The van der Waals surface area contributed by atoms with Gasteiger partial charge in [-0.1, -0.05) is 0 Å². The number of furan rings is 2. The summed E-state index contributed by atoms with van der Waals surface area (Å²) in [6.07, 6.45) is 4.27. The predicted molar refractivity (Wildman–Crippen MR) is 98.5 cm³/mol. The Morgan fingerprint density at radius 1 is 0.714 bits per heavy atom. The van der Waals surface area contributed by atoms with Crippen LogP contribution in [0.4, 0.5) is 0 Å². The summed E-state index contributed by atoms with van der Waals surface area (Å²) < 4.78 is 10.3. The molecular formula is C20H23N3O5. The second-order valence-electron chi connectivity index (χ2n) is 7.14. The lowest BCUT2D eigenvalue weighted by Crippen LogP contribution is -2.53. The zero-order valence-electron chi connectivity index (χ0n) is 15.6. The van der Waals surface area contributed by atoms with Crippen LogP contribution in [0, 0.1) is 5.92 Å². The van der Waals surface area contributed by atoms with Crippen LogP contribution in [0.1, 0.15) is 34.0 Å². The van der Waals surface area contributed by atoms with Crippen LogP contribution >= 0.6 is 0 Å². The van der Waals surface area contributed by atoms with Gasteiger partial charge in [0, 0.05) is 45.2 Å². The van der Waals surface area contributed by atoms with Crippen LogP contribution < -0.4 is 0 Å². The van der Waals surface area contributed by atoms with Crippen LogP contribution in [-0.2, 0) is 4.79 Å². The quantitative estimate of drug-likeness (QED) is 0.803. The molecule has 4 rings (SSSR count). The molecule has 2 saturated heterocycles. The van der Waals surface area contributed by atoms with Crippen molar-refractivity contribution in [3.8, 4) is 0 Å². The van der Waals surface area contributed by atoms with Crippen molar-refractivity contribution in [3.05, 3.63) is 48.3 Å². The Labute approximate surface area is 162 Å². The third-order valence-corrected chi connectivity index (χ3v) is 5.47. The van der Waals surface area contributed by atoms with Crippen molar-refractivity contribution in [2.75, 3.05) is 39.3 Å². The minimum Gasteiger partial charge on any atom is -0.459 e. The number of amides is 3. The van der Waals surface area contributed by atoms with Crippen LogP contribution in [0.2, 0.25) is 0 Å². The van der Waals surface area contributed by atoms with E-state index in [4.69, 9.17) is 8.83 Å². The van der Waals surface area contributed by atoms with E-state index >= 15 is 0 Å². The van der Waals surface area contributed by atoms with Gasteiger partial charge in [0.25, 0.3) is 11.8 Å². The van der Waals surface area contributed by atoms with E-state index in [9.17, 15) is 14.4 Å². The van der Waals surface area contributed by atoms with Crippen LogP contribution in [0.5, 0.6) is 0 Å². The zero-order valence-corrected chi connectivity index (χ0v) is 15.6. The molecule has 0 unspecified atom stereocenters. The van der Waals surface area contributed by atoms with Gasteiger partial charge in [0.2, 0.25) is 5.91 Å². The molecule has 2 aromatic heterocycles. The molecule has 4 heterocycles. The molecule has 8 heteroatoms. The first-order chi connectivity index (χ1) is 13.6. The summed E-state index contributed by atoms with van der Waals surface area (Å²) in [5, 5.41) is 0. The maximum absolute atomic E-state index is 12.8. The van der Waals surface area contributed by atoms with Crippen molar-refractivity contribution in [3.63, 3.8) is 0 Å². The Kier molecular flexibility index (Phi) is 5.18. The Bertz CT molecular complexity index is 746. The molecule has 28 heavy (non-hydrogen) atoms. The van der Waals surface area contributed by atoms with Crippen LogP contribution in [0.15, 0.2) is 45.6 Å². The predicted octanol–water partition coefficient (Wildman–Crippen LogP) is 1.71. The lowest BCUT2D eigenvalue weighted by molar-refractivity contribution is -0.138. The van der Waals surface area contributed by atoms with E-state index in [0.29, 0.717) is 63.6 Å². The number of likely N-dealkylation sites (tertiary alicyclic amines) is 1. The molecule has 2 aliphatic heterocycles. The average Bonchev–Trinajstić information content (AvgIpc) is 3.47. The monoisotopic (exact) mass is 385 g/mol. The van der Waals surface area contributed by atoms with Crippen molar-refractivity contribution in [2.45, 2.75) is 12.8 Å². The second-order valence-corrected chi connectivity index (χ2v) is 7.14. The fraction of sp³-hybridized carbons (Fsp3) is 0.450. The number of rotatable bonds is 3. The number of carbonyl (C=O) groups is 3. The van der Waals surface area contributed by atoms with Gasteiger partial charge in [-0.15, -0.1) is 0 Å². The highest BCUT2D eigenvalue weighted by atomic mass is 16.3. The average molecular weight is 385 g/mol. The van der Waals surface area contributed by atoms with Gasteiger partial charge < -0.3 is 23.5 Å². The fourth-order valence-electron chi connectivity index (χ4n) is 3.83. The van der Waals surface area contributed by atoms with Gasteiger partial charge >= 0.3 is 0 Å². The first-order valence-corrected chi connectivity index (χ1v) is 9.58. The first-order valence-electron chi connectivity index (χ1n) is 9.58. The van der Waals surface area contributed by atoms with E-state index < -0.39 is 0 Å². The van der Waals surface area contributed by atoms with Crippen molar-refractivity contribution < 1.29 is 23.2 Å². The normalized spacial score (nSPS) is 18.4. The molecule has 0 saturated carbocycles. The number of carbonyl (C=O) groups excluding carboxylic acids is 3. The topological polar surface area (TPSA) is 87.2 Å². The van der Waals surface area contributed by atoms with Crippen LogP contribution in [-0.4, -0.2) is 71.7 Å². The van der Waals surface area contributed by atoms with Gasteiger partial charge in [-0.05, 0) is 37.1 Å². The highest BCUT2D eigenvalue weighted by Gasteiger charge is 2.33. The third-order valence-electron chi connectivity index (χ3n) is 5.47. The minimum absolute atomic E-state index is 0.0759. The van der Waals surface area contributed by atoms with Crippen molar-refractivity contribution in [1.29, 1.82) is 0 Å². The Morgan fingerprint density at radius 2 is 1.18 bits per heavy atom. The number of hydrogen-bond acceptors (Lipinski definition) is 5. The fourth-order valence-corrected chi connectivity index (χ4v) is 3.83. The van der Waals surface area contributed by atoms with Crippen molar-refractivity contribution in [1.82, 2.24) is 14.7 Å². The number of nitrogens with zero attached hydrogens (tertiary/aromatic N) is 3. The molecule has 0 aromatic carbocycles. The van der Waals surface area contributed by atoms with E-state index in [1.807, 2.05) is 4.90 Å². The standard InChI is InChI=1S/C20H23N3O5/c24-18(15-5-7-21(8-6-15)19(25)16-3-1-13-27-16)22-9-11-23(12-10-22)20(26)17-4-2-14-28-17/h1-4,13-15H,5-12H2. The van der Waals surface area contributed by atoms with E-state index in [1.54, 1.807) is 34.1 Å². The molecule has 0 N–H and O–H groups in total. The molecule has 2 aliphatic rings. The largest absolute Gasteiger partial charge is 0.459 e. The molecule has 0 bridgehead atoms. The maximum atomic E-state index is 12.8. The Balaban J connectivity index is 1.26. The van der Waals surface area contributed by atoms with Crippen molar-refractivity contribution >= 4 is 17.7 Å². The molecule has 148 valence electrons. The van der Waals surface area contributed by atoms with Crippen molar-refractivity contribution in [2.24, 2.45) is 5.92 Å². The molecule has 8 nitrogen and oxygen atoms in total. The lowest BCUT2D eigenvalue weighted by atomic mass is 9.94. The van der Waals surface area contributed by atoms with Gasteiger partial charge in [-0.25, -0.2) is 0 Å². The molecule has 2 aromatic rings. The van der Waals surface area contributed by atoms with Gasteiger partial charge in [-0.2, -0.15) is 0 Å². The summed E-state index contributed by atoms with van der Waals surface area (Å²) in [4.78, 5) is 42.8. The number of hydrogen-bond donors (Lipinski definition) is 0. The van der Waals surface area contributed by atoms with Gasteiger partial charge in [0.15, 0.2) is 11.5 Å². The molecule has 0 aliphatic carbocycles. The van der Waals surface area contributed by atoms with E-state index in [2.05, 4.69) is 0 Å². The minimum atomic E-state index is -0.137. The summed E-state index contributed by atoms with van der Waals surface area (Å²) in [5.41, 5.74) is 0. The first kappa shape index (κ1) is 18.3. The van der Waals surface area contributed by atoms with Crippen LogP contribution in [0.25, 0.3) is 0 Å². The zero-order chi connectivity index (χ0) is 19.5. The summed E-state index contributed by atoms with van der Waals surface area (Å²) >= 11 is 0. The number of piperazine rings is 1. The molecule has 3 amide bonds. The lowest BCUT2D eigenvalue weighted by Gasteiger charge is -2.38. The summed E-state index contributed by atoms with van der Waals surface area (Å²) in [6, 6.07) is 6.69. The second kappa shape index (κ2) is 7.92. The molecule has 2 fully saturated rings. The van der Waals surface area contributed by atoms with Crippen LogP contribution in [0.3, 0.4) is 0 Å². The maximum Gasteiger partial charge on any atom is 0.289 e. The van der Waals surface area contributed by atoms with E-state index in [-0.39, 0.29) is 23.6 Å². The summed E-state index contributed by atoms with van der Waals surface area (Å²) in [7, 11) is 0. The molecule has 0 atom stereocenters. The smallest absolute Gasteiger partial charge is 0.289 e.